The van der Waals surface area contributed by atoms with Gasteiger partial charge in [0.2, 0.25) is 0 Å². The third kappa shape index (κ3) is 5.20. The van der Waals surface area contributed by atoms with Gasteiger partial charge in [0.1, 0.15) is 0 Å². The summed E-state index contributed by atoms with van der Waals surface area (Å²) in [5, 5.41) is 2.67. The van der Waals surface area contributed by atoms with E-state index in [2.05, 4.69) is 21.2 Å². The van der Waals surface area contributed by atoms with Crippen LogP contribution in [0.15, 0.2) is 57.9 Å². The number of rotatable bonds is 7. The number of halogens is 1. The van der Waals surface area contributed by atoms with Crippen molar-refractivity contribution in [3.63, 3.8) is 0 Å². The molecule has 0 atom stereocenters. The SMILES string of the molecule is COCSc1ccccc1C(=O)NCC(=O)c1ccc(Br)cc1. The Kier molecular flexibility index (Phi) is 6.83. The molecular weight excluding hydrogens is 378 g/mol. The number of benzene rings is 2. The lowest BCUT2D eigenvalue weighted by Gasteiger charge is -2.09. The Morgan fingerprint density at radius 2 is 1.83 bits per heavy atom. The molecule has 1 N–H and O–H groups in total. The zero-order valence-electron chi connectivity index (χ0n) is 12.5. The second kappa shape index (κ2) is 8.86. The summed E-state index contributed by atoms with van der Waals surface area (Å²) in [5.74, 6) is 0.0600. The number of thioether (sulfide) groups is 1. The molecule has 0 saturated heterocycles. The third-order valence-corrected chi connectivity index (χ3v) is 4.59. The maximum absolute atomic E-state index is 12.3. The maximum Gasteiger partial charge on any atom is 0.252 e. The van der Waals surface area contributed by atoms with Gasteiger partial charge >= 0.3 is 0 Å². The Morgan fingerprint density at radius 3 is 2.52 bits per heavy atom. The minimum Gasteiger partial charge on any atom is -0.374 e. The normalized spacial score (nSPS) is 10.3. The molecule has 0 aliphatic carbocycles. The van der Waals surface area contributed by atoms with Crippen molar-refractivity contribution >= 4 is 39.4 Å². The van der Waals surface area contributed by atoms with E-state index in [1.165, 1.54) is 11.8 Å². The molecule has 0 radical (unpaired) electrons. The number of amides is 1. The van der Waals surface area contributed by atoms with Crippen LogP contribution >= 0.6 is 27.7 Å². The molecule has 2 aromatic carbocycles. The van der Waals surface area contributed by atoms with Crippen LogP contribution in [0.1, 0.15) is 20.7 Å². The van der Waals surface area contributed by atoms with Gasteiger partial charge in [-0.05, 0) is 24.3 Å². The van der Waals surface area contributed by atoms with E-state index in [0.717, 1.165) is 9.37 Å². The summed E-state index contributed by atoms with van der Waals surface area (Å²) in [6.07, 6.45) is 0. The Bertz CT molecular complexity index is 688. The van der Waals surface area contributed by atoms with Gasteiger partial charge in [-0.25, -0.2) is 0 Å². The molecule has 2 rings (SSSR count). The van der Waals surface area contributed by atoms with Crippen molar-refractivity contribution in [2.45, 2.75) is 4.90 Å². The van der Waals surface area contributed by atoms with E-state index < -0.39 is 0 Å². The monoisotopic (exact) mass is 393 g/mol. The van der Waals surface area contributed by atoms with Crippen LogP contribution < -0.4 is 5.32 Å². The van der Waals surface area contributed by atoms with E-state index in [0.29, 0.717) is 17.1 Å². The number of carbonyl (C=O) groups excluding carboxylic acids is 2. The smallest absolute Gasteiger partial charge is 0.252 e. The molecule has 0 unspecified atom stereocenters. The highest BCUT2D eigenvalue weighted by Crippen LogP contribution is 2.22. The van der Waals surface area contributed by atoms with Crippen molar-refractivity contribution < 1.29 is 14.3 Å². The number of Topliss-reactive ketones (excluding diaryl/α,β-unsaturated/α-hetero) is 1. The fourth-order valence-corrected chi connectivity index (χ4v) is 2.90. The summed E-state index contributed by atoms with van der Waals surface area (Å²) in [4.78, 5) is 25.2. The first kappa shape index (κ1) is 17.7. The Labute approximate surface area is 147 Å². The number of ether oxygens (including phenoxy) is 1. The van der Waals surface area contributed by atoms with Gasteiger partial charge in [-0.15, -0.1) is 0 Å². The van der Waals surface area contributed by atoms with Crippen molar-refractivity contribution in [1.29, 1.82) is 0 Å². The average Bonchev–Trinajstić information content (AvgIpc) is 2.58. The first-order valence-electron chi connectivity index (χ1n) is 6.89. The summed E-state index contributed by atoms with van der Waals surface area (Å²) in [6.45, 7) is -0.0380. The molecule has 0 aromatic heterocycles. The van der Waals surface area contributed by atoms with Crippen LogP contribution in [0.4, 0.5) is 0 Å². The lowest BCUT2D eigenvalue weighted by molar-refractivity contribution is 0.0902. The van der Waals surface area contributed by atoms with E-state index in [1.54, 1.807) is 43.5 Å². The third-order valence-electron chi connectivity index (χ3n) is 3.04. The van der Waals surface area contributed by atoms with Crippen LogP contribution in [-0.2, 0) is 4.74 Å². The molecule has 0 fully saturated rings. The summed E-state index contributed by atoms with van der Waals surface area (Å²) in [7, 11) is 1.60. The largest absolute Gasteiger partial charge is 0.374 e. The lowest BCUT2D eigenvalue weighted by Crippen LogP contribution is -2.29. The maximum atomic E-state index is 12.3. The van der Waals surface area contributed by atoms with Gasteiger partial charge in [0.15, 0.2) is 5.78 Å². The Morgan fingerprint density at radius 1 is 1.13 bits per heavy atom. The van der Waals surface area contributed by atoms with Crippen molar-refractivity contribution in [2.75, 3.05) is 19.6 Å². The number of carbonyl (C=O) groups is 2. The Balaban J connectivity index is 1.99. The fraction of sp³-hybridized carbons (Fsp3) is 0.176. The number of nitrogens with one attached hydrogen (secondary N) is 1. The second-order valence-corrected chi connectivity index (χ2v) is 6.54. The van der Waals surface area contributed by atoms with Gasteiger partial charge < -0.3 is 10.1 Å². The van der Waals surface area contributed by atoms with E-state index in [9.17, 15) is 9.59 Å². The molecule has 0 heterocycles. The molecule has 1 amide bonds. The highest BCUT2D eigenvalue weighted by Gasteiger charge is 2.13. The number of hydrogen-bond acceptors (Lipinski definition) is 4. The van der Waals surface area contributed by atoms with Gasteiger partial charge in [-0.3, -0.25) is 9.59 Å². The summed E-state index contributed by atoms with van der Waals surface area (Å²) >= 11 is 4.76. The quantitative estimate of drug-likeness (QED) is 0.442. The summed E-state index contributed by atoms with van der Waals surface area (Å²) in [6, 6.07) is 14.3. The van der Waals surface area contributed by atoms with Crippen LogP contribution in [0.25, 0.3) is 0 Å². The van der Waals surface area contributed by atoms with Crippen LogP contribution in [0, 0.1) is 0 Å². The van der Waals surface area contributed by atoms with E-state index in [1.807, 2.05) is 12.1 Å². The van der Waals surface area contributed by atoms with Crippen LogP contribution in [0.3, 0.4) is 0 Å². The van der Waals surface area contributed by atoms with Gasteiger partial charge in [0.05, 0.1) is 18.0 Å². The van der Waals surface area contributed by atoms with E-state index in [4.69, 9.17) is 4.74 Å². The van der Waals surface area contributed by atoms with Crippen molar-refractivity contribution in [1.82, 2.24) is 5.32 Å². The van der Waals surface area contributed by atoms with Crippen molar-refractivity contribution in [3.05, 3.63) is 64.1 Å². The number of hydrogen-bond donors (Lipinski definition) is 1. The molecule has 0 bridgehead atoms. The Hall–Kier alpha value is -1.63. The van der Waals surface area contributed by atoms with E-state index >= 15 is 0 Å². The molecule has 0 aliphatic rings. The molecule has 0 saturated carbocycles. The first-order valence-corrected chi connectivity index (χ1v) is 8.67. The van der Waals surface area contributed by atoms with Gasteiger partial charge in [0, 0.05) is 22.0 Å². The highest BCUT2D eigenvalue weighted by atomic mass is 79.9. The summed E-state index contributed by atoms with van der Waals surface area (Å²) in [5.41, 5.74) is 1.11. The minimum absolute atomic E-state index is 0.0380. The zero-order chi connectivity index (χ0) is 16.7. The fourth-order valence-electron chi connectivity index (χ4n) is 1.90. The van der Waals surface area contributed by atoms with Crippen LogP contribution in [0.5, 0.6) is 0 Å². The first-order chi connectivity index (χ1) is 11.1. The predicted molar refractivity (Wildman–Crippen MR) is 95.0 cm³/mol. The molecule has 0 aliphatic heterocycles. The topological polar surface area (TPSA) is 55.4 Å². The van der Waals surface area contributed by atoms with Crippen LogP contribution in [0.2, 0.25) is 0 Å². The van der Waals surface area contributed by atoms with Crippen LogP contribution in [-0.4, -0.2) is 31.3 Å². The average molecular weight is 394 g/mol. The lowest BCUT2D eigenvalue weighted by atomic mass is 10.1. The molecular formula is C17H16BrNO3S. The molecule has 120 valence electrons. The van der Waals surface area contributed by atoms with Gasteiger partial charge in [0.25, 0.3) is 5.91 Å². The van der Waals surface area contributed by atoms with Crippen molar-refractivity contribution in [2.24, 2.45) is 0 Å². The predicted octanol–water partition coefficient (Wildman–Crippen LogP) is 3.76. The minimum atomic E-state index is -0.269. The number of ketones is 1. The van der Waals surface area contributed by atoms with E-state index in [-0.39, 0.29) is 18.2 Å². The van der Waals surface area contributed by atoms with Gasteiger partial charge in [-0.2, -0.15) is 0 Å². The standard InChI is InChI=1S/C17H16BrNO3S/c1-22-11-23-16-5-3-2-4-14(16)17(21)19-10-15(20)12-6-8-13(18)9-7-12/h2-9H,10-11H2,1H3,(H,19,21). The zero-order valence-corrected chi connectivity index (χ0v) is 14.9. The summed E-state index contributed by atoms with van der Waals surface area (Å²) < 4.78 is 5.92. The molecule has 6 heteroatoms. The molecule has 0 spiro atoms. The molecule has 2 aromatic rings. The number of methoxy groups -OCH3 is 1. The molecule has 23 heavy (non-hydrogen) atoms. The molecule has 4 nitrogen and oxygen atoms in total. The second-order valence-electron chi connectivity index (χ2n) is 4.66. The highest BCUT2D eigenvalue weighted by molar-refractivity contribution is 9.10. The van der Waals surface area contributed by atoms with Gasteiger partial charge in [-0.1, -0.05) is 52.0 Å². The van der Waals surface area contributed by atoms with Crippen molar-refractivity contribution in [3.8, 4) is 0 Å².